The fourth-order valence-corrected chi connectivity index (χ4v) is 11.6. The highest BCUT2D eigenvalue weighted by atomic mass is 79.9. The minimum absolute atomic E-state index is 0.0526. The molecule has 3 aliphatic heterocycles. The van der Waals surface area contributed by atoms with Gasteiger partial charge in [-0.15, -0.1) is 24.9 Å². The van der Waals surface area contributed by atoms with Crippen LogP contribution in [0, 0.1) is 11.8 Å². The normalized spacial score (nSPS) is 26.7. The number of halogens is 1. The van der Waals surface area contributed by atoms with Crippen molar-refractivity contribution in [2.45, 2.75) is 53.1 Å². The van der Waals surface area contributed by atoms with E-state index in [0.717, 1.165) is 22.8 Å². The maximum atomic E-state index is 15.2. The highest BCUT2D eigenvalue weighted by Gasteiger charge is 2.76. The number of anilines is 1. The van der Waals surface area contributed by atoms with Crippen molar-refractivity contribution in [3.05, 3.63) is 104 Å². The van der Waals surface area contributed by atoms with E-state index < -0.39 is 28.7 Å². The van der Waals surface area contributed by atoms with Crippen molar-refractivity contribution < 1.29 is 19.5 Å². The Morgan fingerprint density at radius 2 is 1.74 bits per heavy atom. The van der Waals surface area contributed by atoms with Crippen LogP contribution in [0.3, 0.4) is 0 Å². The van der Waals surface area contributed by atoms with Crippen LogP contribution in [-0.4, -0.2) is 85.8 Å². The van der Waals surface area contributed by atoms with Gasteiger partial charge in [0, 0.05) is 35.4 Å². The van der Waals surface area contributed by atoms with E-state index in [1.807, 2.05) is 79.7 Å². The molecule has 3 amide bonds. The van der Waals surface area contributed by atoms with Crippen molar-refractivity contribution in [1.82, 2.24) is 9.80 Å². The molecule has 3 aromatic rings. The summed E-state index contributed by atoms with van der Waals surface area (Å²) in [5.74, 6) is -1.80. The van der Waals surface area contributed by atoms with Gasteiger partial charge in [-0.25, -0.2) is 0 Å². The molecule has 9 heteroatoms. The molecule has 7 nitrogen and oxygen atoms in total. The number of amides is 3. The summed E-state index contributed by atoms with van der Waals surface area (Å²) in [4.78, 5) is 49.6. The standard InChI is InChI=1S/C38H42BrN3O4S/c1-4-18-40(19-5-2)35(44)31-32-36(45)42(29(24-43)21-25-12-8-7-9-13-25)34(38(32)23-30(39)33(31)47-38)37(46)41(20-6-3)28-17-16-26-14-10-11-15-27(26)22-28/h4,6-17,22,29-34,43H,1,3,5,18-21,23-24H2,2H3/t29-,30?,31+,32+,33+,34?,38?/m1/s1. The van der Waals surface area contributed by atoms with E-state index in [9.17, 15) is 14.7 Å². The third kappa shape index (κ3) is 5.85. The van der Waals surface area contributed by atoms with Crippen LogP contribution in [0.25, 0.3) is 10.8 Å². The molecule has 0 saturated carbocycles. The summed E-state index contributed by atoms with van der Waals surface area (Å²) in [5.41, 5.74) is 1.67. The molecule has 0 radical (unpaired) electrons. The van der Waals surface area contributed by atoms with E-state index in [-0.39, 0.29) is 41.0 Å². The molecule has 3 unspecified atom stereocenters. The Kier molecular flexibility index (Phi) is 9.97. The maximum absolute atomic E-state index is 15.2. The highest BCUT2D eigenvalue weighted by molar-refractivity contribution is 9.09. The number of rotatable bonds is 13. The summed E-state index contributed by atoms with van der Waals surface area (Å²) in [6, 6.07) is 22.1. The number of hydrogen-bond acceptors (Lipinski definition) is 5. The van der Waals surface area contributed by atoms with Gasteiger partial charge in [0.15, 0.2) is 0 Å². The average molecular weight is 717 g/mol. The number of nitrogens with zero attached hydrogens (tertiary/aromatic N) is 3. The lowest BCUT2D eigenvalue weighted by Crippen LogP contribution is -2.58. The van der Waals surface area contributed by atoms with Crippen molar-refractivity contribution >= 4 is 61.9 Å². The molecular formula is C38H42BrN3O4S. The van der Waals surface area contributed by atoms with Gasteiger partial charge in [-0.05, 0) is 47.7 Å². The molecule has 3 aliphatic rings. The number of carbonyl (C=O) groups excluding carboxylic acids is 3. The van der Waals surface area contributed by atoms with Crippen molar-refractivity contribution in [1.29, 1.82) is 0 Å². The van der Waals surface area contributed by atoms with E-state index in [1.54, 1.807) is 38.6 Å². The molecule has 2 bridgehead atoms. The van der Waals surface area contributed by atoms with Gasteiger partial charge in [0.1, 0.15) is 6.04 Å². The smallest absolute Gasteiger partial charge is 0.251 e. The Morgan fingerprint density at radius 1 is 1.04 bits per heavy atom. The van der Waals surface area contributed by atoms with Crippen LogP contribution >= 0.6 is 27.7 Å². The zero-order chi connectivity index (χ0) is 33.3. The number of hydrogen-bond donors (Lipinski definition) is 1. The first-order chi connectivity index (χ1) is 22.8. The monoisotopic (exact) mass is 715 g/mol. The van der Waals surface area contributed by atoms with Crippen LogP contribution in [0.2, 0.25) is 0 Å². The summed E-state index contributed by atoms with van der Waals surface area (Å²) in [6.07, 6.45) is 5.16. The third-order valence-electron chi connectivity index (χ3n) is 9.94. The molecule has 3 fully saturated rings. The molecule has 0 aromatic heterocycles. The number of likely N-dealkylation sites (tertiary alicyclic amines) is 1. The molecule has 47 heavy (non-hydrogen) atoms. The summed E-state index contributed by atoms with van der Waals surface area (Å²) < 4.78 is -0.847. The van der Waals surface area contributed by atoms with Gasteiger partial charge in [-0.3, -0.25) is 14.4 Å². The lowest BCUT2D eigenvalue weighted by molar-refractivity contribution is -0.145. The molecule has 6 rings (SSSR count). The average Bonchev–Trinajstić information content (AvgIpc) is 3.68. The van der Waals surface area contributed by atoms with Gasteiger partial charge < -0.3 is 19.8 Å². The SMILES string of the molecule is C=CCN(CCC)C(=O)[C@H]1[C@H]2C(=O)N([C@@H](CO)Cc3ccccc3)C(C(=O)N(CC=C)c3ccc4ccccc4c3)C23CC(Br)[C@@H]1S3. The second kappa shape index (κ2) is 14.0. The first-order valence-corrected chi connectivity index (χ1v) is 18.2. The van der Waals surface area contributed by atoms with Gasteiger partial charge >= 0.3 is 0 Å². The Balaban J connectivity index is 1.47. The predicted octanol–water partition coefficient (Wildman–Crippen LogP) is 5.85. The highest BCUT2D eigenvalue weighted by Crippen LogP contribution is 2.68. The van der Waals surface area contributed by atoms with Crippen LogP contribution in [0.1, 0.15) is 25.3 Å². The van der Waals surface area contributed by atoms with Crippen molar-refractivity contribution in [2.24, 2.45) is 11.8 Å². The Labute approximate surface area is 289 Å². The van der Waals surface area contributed by atoms with Crippen molar-refractivity contribution in [3.63, 3.8) is 0 Å². The Morgan fingerprint density at radius 3 is 2.43 bits per heavy atom. The molecule has 3 aromatic carbocycles. The molecule has 246 valence electrons. The minimum atomic E-state index is -0.890. The largest absolute Gasteiger partial charge is 0.394 e. The Bertz CT molecular complexity index is 1670. The summed E-state index contributed by atoms with van der Waals surface area (Å²) in [7, 11) is 0. The molecule has 7 atom stereocenters. The zero-order valence-electron chi connectivity index (χ0n) is 26.7. The van der Waals surface area contributed by atoms with E-state index >= 15 is 4.79 Å². The molecule has 1 N–H and O–H groups in total. The fraction of sp³-hybridized carbons (Fsp3) is 0.395. The summed E-state index contributed by atoms with van der Waals surface area (Å²) in [5, 5.41) is 12.8. The third-order valence-corrected chi connectivity index (χ3v) is 13.2. The number of thioether (sulfide) groups is 1. The predicted molar refractivity (Wildman–Crippen MR) is 194 cm³/mol. The van der Waals surface area contributed by atoms with Crippen molar-refractivity contribution in [2.75, 3.05) is 31.1 Å². The van der Waals surface area contributed by atoms with Gasteiger partial charge in [0.2, 0.25) is 11.8 Å². The first-order valence-electron chi connectivity index (χ1n) is 16.4. The second-order valence-corrected chi connectivity index (χ2v) is 15.5. The molecule has 1 spiro atoms. The Hall–Kier alpha value is -3.40. The van der Waals surface area contributed by atoms with Crippen molar-refractivity contribution in [3.8, 4) is 0 Å². The van der Waals surface area contributed by atoms with Gasteiger partial charge in [0.25, 0.3) is 5.91 Å². The van der Waals surface area contributed by atoms with E-state index in [0.29, 0.717) is 31.6 Å². The number of carbonyl (C=O) groups is 3. The number of aliphatic hydroxyl groups is 1. The van der Waals surface area contributed by atoms with Gasteiger partial charge in [-0.2, -0.15) is 0 Å². The van der Waals surface area contributed by atoms with E-state index in [1.165, 1.54) is 0 Å². The van der Waals surface area contributed by atoms with Crippen LogP contribution < -0.4 is 4.90 Å². The fourth-order valence-electron chi connectivity index (χ4n) is 8.03. The maximum Gasteiger partial charge on any atom is 0.251 e. The quantitative estimate of drug-likeness (QED) is 0.178. The van der Waals surface area contributed by atoms with Crippen LogP contribution in [0.5, 0.6) is 0 Å². The molecule has 3 saturated heterocycles. The lowest BCUT2D eigenvalue weighted by atomic mass is 9.70. The minimum Gasteiger partial charge on any atom is -0.394 e. The van der Waals surface area contributed by atoms with Crippen LogP contribution in [0.15, 0.2) is 98.1 Å². The second-order valence-electron chi connectivity index (χ2n) is 12.8. The number of fused-ring (bicyclic) bond motifs is 2. The first kappa shape index (κ1) is 33.5. The number of alkyl halides is 1. The molecule has 0 aliphatic carbocycles. The summed E-state index contributed by atoms with van der Waals surface area (Å²) >= 11 is 5.52. The number of benzene rings is 3. The van der Waals surface area contributed by atoms with Crippen LogP contribution in [-0.2, 0) is 20.8 Å². The molecular weight excluding hydrogens is 674 g/mol. The topological polar surface area (TPSA) is 81.2 Å². The lowest BCUT2D eigenvalue weighted by Gasteiger charge is -2.40. The van der Waals surface area contributed by atoms with E-state index in [4.69, 9.17) is 0 Å². The van der Waals surface area contributed by atoms with E-state index in [2.05, 4.69) is 29.1 Å². The zero-order valence-corrected chi connectivity index (χ0v) is 29.1. The number of aliphatic hydroxyl groups excluding tert-OH is 1. The van der Waals surface area contributed by atoms with Gasteiger partial charge in [0.05, 0.1) is 29.2 Å². The van der Waals surface area contributed by atoms with Gasteiger partial charge in [-0.1, -0.05) is 95.7 Å². The molecule has 3 heterocycles. The van der Waals surface area contributed by atoms with Crippen LogP contribution in [0.4, 0.5) is 5.69 Å². The summed E-state index contributed by atoms with van der Waals surface area (Å²) in [6.45, 7) is 10.8.